The van der Waals surface area contributed by atoms with E-state index in [0.717, 1.165) is 17.0 Å². The number of benzene rings is 1. The highest BCUT2D eigenvalue weighted by molar-refractivity contribution is 5.86. The lowest BCUT2D eigenvalue weighted by molar-refractivity contribution is -0.141. The van der Waals surface area contributed by atoms with Crippen LogP contribution in [0.15, 0.2) is 48.7 Å². The SMILES string of the molecule is COc1cccc(COC2CN(Cc3ccccn3)C(=O)CN(C(=O)C3CCOC3)C2)c1. The summed E-state index contributed by atoms with van der Waals surface area (Å²) in [5, 5.41) is 0. The molecular weight excluding hydrogens is 410 g/mol. The summed E-state index contributed by atoms with van der Waals surface area (Å²) in [6, 6.07) is 13.3. The molecule has 2 fully saturated rings. The maximum absolute atomic E-state index is 13.1. The Labute approximate surface area is 188 Å². The molecule has 2 atom stereocenters. The Kier molecular flexibility index (Phi) is 7.34. The lowest BCUT2D eigenvalue weighted by Crippen LogP contribution is -2.43. The summed E-state index contributed by atoms with van der Waals surface area (Å²) >= 11 is 0. The minimum Gasteiger partial charge on any atom is -0.497 e. The number of ether oxygens (including phenoxy) is 3. The third-order valence-electron chi connectivity index (χ3n) is 5.82. The molecule has 2 unspecified atom stereocenters. The van der Waals surface area contributed by atoms with E-state index in [1.807, 2.05) is 42.5 Å². The second kappa shape index (κ2) is 10.6. The van der Waals surface area contributed by atoms with Gasteiger partial charge in [-0.2, -0.15) is 0 Å². The fraction of sp³-hybridized carbons (Fsp3) is 0.458. The van der Waals surface area contributed by atoms with Crippen LogP contribution in [0.1, 0.15) is 17.7 Å². The number of rotatable bonds is 7. The van der Waals surface area contributed by atoms with E-state index in [9.17, 15) is 9.59 Å². The Balaban J connectivity index is 1.49. The molecule has 2 aliphatic rings. The van der Waals surface area contributed by atoms with Gasteiger partial charge in [-0.1, -0.05) is 18.2 Å². The first-order valence-corrected chi connectivity index (χ1v) is 10.9. The molecule has 3 heterocycles. The van der Waals surface area contributed by atoms with Crippen molar-refractivity contribution in [2.24, 2.45) is 5.92 Å². The zero-order valence-electron chi connectivity index (χ0n) is 18.3. The smallest absolute Gasteiger partial charge is 0.242 e. The van der Waals surface area contributed by atoms with Crippen molar-refractivity contribution in [2.75, 3.05) is 40.0 Å². The first kappa shape index (κ1) is 22.2. The first-order valence-electron chi connectivity index (χ1n) is 10.9. The van der Waals surface area contributed by atoms with E-state index in [-0.39, 0.29) is 30.4 Å². The molecule has 1 aromatic carbocycles. The molecule has 1 aromatic heterocycles. The van der Waals surface area contributed by atoms with Crippen molar-refractivity contribution < 1.29 is 23.8 Å². The highest BCUT2D eigenvalue weighted by atomic mass is 16.5. The first-order chi connectivity index (χ1) is 15.6. The van der Waals surface area contributed by atoms with Crippen molar-refractivity contribution in [1.29, 1.82) is 0 Å². The van der Waals surface area contributed by atoms with Crippen molar-refractivity contribution in [3.63, 3.8) is 0 Å². The zero-order chi connectivity index (χ0) is 22.3. The van der Waals surface area contributed by atoms with Gasteiger partial charge in [0, 0.05) is 25.9 Å². The molecule has 0 aliphatic carbocycles. The molecular formula is C24H29N3O5. The summed E-state index contributed by atoms with van der Waals surface area (Å²) < 4.78 is 16.9. The van der Waals surface area contributed by atoms with E-state index in [0.29, 0.717) is 45.9 Å². The summed E-state index contributed by atoms with van der Waals surface area (Å²) in [4.78, 5) is 33.8. The summed E-state index contributed by atoms with van der Waals surface area (Å²) in [5.41, 5.74) is 1.77. The molecule has 4 rings (SSSR count). The number of hydrogen-bond acceptors (Lipinski definition) is 6. The average molecular weight is 440 g/mol. The maximum atomic E-state index is 13.1. The summed E-state index contributed by atoms with van der Waals surface area (Å²) in [7, 11) is 1.63. The van der Waals surface area contributed by atoms with Gasteiger partial charge < -0.3 is 24.0 Å². The monoisotopic (exact) mass is 439 g/mol. The Morgan fingerprint density at radius 2 is 2.12 bits per heavy atom. The van der Waals surface area contributed by atoms with Gasteiger partial charge in [0.1, 0.15) is 5.75 Å². The van der Waals surface area contributed by atoms with Gasteiger partial charge in [-0.3, -0.25) is 14.6 Å². The number of amides is 2. The van der Waals surface area contributed by atoms with Gasteiger partial charge in [0.05, 0.1) is 51.1 Å². The topological polar surface area (TPSA) is 81.2 Å². The van der Waals surface area contributed by atoms with E-state index < -0.39 is 0 Å². The predicted molar refractivity (Wildman–Crippen MR) is 117 cm³/mol. The minimum atomic E-state index is -0.317. The van der Waals surface area contributed by atoms with Crippen molar-refractivity contribution in [3.05, 3.63) is 59.9 Å². The Bertz CT molecular complexity index is 917. The fourth-order valence-corrected chi connectivity index (χ4v) is 4.06. The number of aromatic nitrogens is 1. The lowest BCUT2D eigenvalue weighted by atomic mass is 10.1. The fourth-order valence-electron chi connectivity index (χ4n) is 4.06. The number of pyridine rings is 1. The van der Waals surface area contributed by atoms with E-state index >= 15 is 0 Å². The summed E-state index contributed by atoms with van der Waals surface area (Å²) in [6.45, 7) is 2.54. The Morgan fingerprint density at radius 3 is 2.88 bits per heavy atom. The van der Waals surface area contributed by atoms with Crippen molar-refractivity contribution in [3.8, 4) is 5.75 Å². The molecule has 0 N–H and O–H groups in total. The molecule has 0 saturated carbocycles. The van der Waals surface area contributed by atoms with Crippen LogP contribution in [0.4, 0.5) is 0 Å². The number of carbonyl (C=O) groups excluding carboxylic acids is 2. The van der Waals surface area contributed by atoms with Gasteiger partial charge in [0.15, 0.2) is 0 Å². The number of methoxy groups -OCH3 is 1. The lowest BCUT2D eigenvalue weighted by Gasteiger charge is -2.26. The molecule has 2 aliphatic heterocycles. The maximum Gasteiger partial charge on any atom is 0.242 e. The Morgan fingerprint density at radius 1 is 1.22 bits per heavy atom. The minimum absolute atomic E-state index is 0.0366. The molecule has 2 amide bonds. The van der Waals surface area contributed by atoms with E-state index in [1.54, 1.807) is 23.1 Å². The van der Waals surface area contributed by atoms with Crippen LogP contribution in [0.5, 0.6) is 5.75 Å². The number of hydrogen-bond donors (Lipinski definition) is 0. The quantitative estimate of drug-likeness (QED) is 0.655. The second-order valence-electron chi connectivity index (χ2n) is 8.16. The normalized spacial score (nSPS) is 21.5. The van der Waals surface area contributed by atoms with Crippen LogP contribution in [-0.4, -0.2) is 72.7 Å². The standard InChI is InChI=1S/C24H29N3O5/c1-30-21-7-4-5-18(11-21)16-32-22-13-26(12-20-6-2-3-9-25-20)23(28)15-27(14-22)24(29)19-8-10-31-17-19/h2-7,9,11,19,22H,8,10,12-17H2,1H3. The zero-order valence-corrected chi connectivity index (χ0v) is 18.3. The molecule has 2 saturated heterocycles. The summed E-state index contributed by atoms with van der Waals surface area (Å²) in [5.74, 6) is 0.432. The molecule has 170 valence electrons. The number of nitrogens with zero attached hydrogens (tertiary/aromatic N) is 3. The van der Waals surface area contributed by atoms with E-state index in [1.165, 1.54) is 0 Å². The Hall–Kier alpha value is -2.97. The average Bonchev–Trinajstić information content (AvgIpc) is 3.31. The third-order valence-corrected chi connectivity index (χ3v) is 5.82. The second-order valence-corrected chi connectivity index (χ2v) is 8.16. The van der Waals surface area contributed by atoms with Crippen LogP contribution in [0.25, 0.3) is 0 Å². The van der Waals surface area contributed by atoms with Gasteiger partial charge in [0.2, 0.25) is 11.8 Å². The summed E-state index contributed by atoms with van der Waals surface area (Å²) in [6.07, 6.45) is 2.09. The predicted octanol–water partition coefficient (Wildman–Crippen LogP) is 1.88. The van der Waals surface area contributed by atoms with Crippen molar-refractivity contribution in [2.45, 2.75) is 25.7 Å². The van der Waals surface area contributed by atoms with Crippen LogP contribution in [0.2, 0.25) is 0 Å². The molecule has 32 heavy (non-hydrogen) atoms. The molecule has 8 nitrogen and oxygen atoms in total. The van der Waals surface area contributed by atoms with Crippen LogP contribution in [0, 0.1) is 5.92 Å². The van der Waals surface area contributed by atoms with Gasteiger partial charge in [0.25, 0.3) is 0 Å². The van der Waals surface area contributed by atoms with E-state index in [2.05, 4.69) is 4.98 Å². The van der Waals surface area contributed by atoms with Crippen molar-refractivity contribution >= 4 is 11.8 Å². The van der Waals surface area contributed by atoms with Crippen LogP contribution in [0.3, 0.4) is 0 Å². The van der Waals surface area contributed by atoms with Gasteiger partial charge in [-0.15, -0.1) is 0 Å². The molecule has 0 bridgehead atoms. The van der Waals surface area contributed by atoms with Crippen LogP contribution >= 0.6 is 0 Å². The number of carbonyl (C=O) groups is 2. The molecule has 8 heteroatoms. The molecule has 0 spiro atoms. The largest absolute Gasteiger partial charge is 0.497 e. The van der Waals surface area contributed by atoms with E-state index in [4.69, 9.17) is 14.2 Å². The third kappa shape index (κ3) is 5.63. The highest BCUT2D eigenvalue weighted by Crippen LogP contribution is 2.20. The van der Waals surface area contributed by atoms with Gasteiger partial charge >= 0.3 is 0 Å². The van der Waals surface area contributed by atoms with Crippen LogP contribution < -0.4 is 4.74 Å². The molecule has 2 aromatic rings. The van der Waals surface area contributed by atoms with Gasteiger partial charge in [-0.25, -0.2) is 0 Å². The van der Waals surface area contributed by atoms with Crippen molar-refractivity contribution in [1.82, 2.24) is 14.8 Å². The van der Waals surface area contributed by atoms with Crippen LogP contribution in [-0.2, 0) is 32.2 Å². The molecule has 0 radical (unpaired) electrons. The van der Waals surface area contributed by atoms with Gasteiger partial charge in [-0.05, 0) is 36.2 Å². The highest BCUT2D eigenvalue weighted by Gasteiger charge is 2.35.